The van der Waals surface area contributed by atoms with Gasteiger partial charge >= 0.3 is 5.97 Å². The van der Waals surface area contributed by atoms with Crippen LogP contribution in [-0.4, -0.2) is 31.1 Å². The fourth-order valence-corrected chi connectivity index (χ4v) is 2.29. The molecule has 0 saturated carbocycles. The van der Waals surface area contributed by atoms with E-state index in [1.54, 1.807) is 6.92 Å². The van der Waals surface area contributed by atoms with Crippen LogP contribution >= 0.6 is 0 Å². The smallest absolute Gasteiger partial charge is 0.335 e. The predicted molar refractivity (Wildman–Crippen MR) is 62.1 cm³/mol. The summed E-state index contributed by atoms with van der Waals surface area (Å²) in [5.41, 5.74) is 1.61. The topological polar surface area (TPSA) is 67.4 Å². The van der Waals surface area contributed by atoms with Crippen LogP contribution in [0.3, 0.4) is 0 Å². The first kappa shape index (κ1) is 12.0. The molecular formula is C12H18N2O3. The molecule has 1 aliphatic heterocycles. The maximum Gasteiger partial charge on any atom is 0.335 e. The molecule has 94 valence electrons. The lowest BCUT2D eigenvalue weighted by Crippen LogP contribution is -2.36. The normalized spacial score (nSPS) is 23.8. The molecule has 2 N–H and O–H groups in total. The van der Waals surface area contributed by atoms with E-state index in [0.717, 1.165) is 31.4 Å². The van der Waals surface area contributed by atoms with Gasteiger partial charge in [-0.15, -0.1) is 0 Å². The quantitative estimate of drug-likeness (QED) is 0.698. The molecule has 1 atom stereocenters. The Balaban J connectivity index is 2.04. The van der Waals surface area contributed by atoms with Crippen LogP contribution in [0.15, 0.2) is 11.3 Å². The van der Waals surface area contributed by atoms with E-state index in [9.17, 15) is 9.59 Å². The summed E-state index contributed by atoms with van der Waals surface area (Å²) in [6.07, 6.45) is 3.30. The van der Waals surface area contributed by atoms with Crippen molar-refractivity contribution in [1.82, 2.24) is 10.6 Å². The van der Waals surface area contributed by atoms with Crippen LogP contribution in [0.1, 0.15) is 32.6 Å². The Morgan fingerprint density at radius 3 is 3.00 bits per heavy atom. The molecule has 0 bridgehead atoms. The lowest BCUT2D eigenvalue weighted by molar-refractivity contribution is -0.138. The van der Waals surface area contributed by atoms with Gasteiger partial charge in [0.05, 0.1) is 12.2 Å². The molecule has 0 aromatic carbocycles. The predicted octanol–water partition coefficient (Wildman–Crippen LogP) is 0.466. The average Bonchev–Trinajstić information content (AvgIpc) is 2.90. The monoisotopic (exact) mass is 238 g/mol. The summed E-state index contributed by atoms with van der Waals surface area (Å²) in [6.45, 7) is 2.89. The minimum absolute atomic E-state index is 0.0209. The molecule has 1 amide bonds. The minimum atomic E-state index is -0.245. The number of carbonyl (C=O) groups is 2. The van der Waals surface area contributed by atoms with Gasteiger partial charge in [0.15, 0.2) is 0 Å². The molecular weight excluding hydrogens is 220 g/mol. The van der Waals surface area contributed by atoms with Crippen molar-refractivity contribution in [3.05, 3.63) is 11.3 Å². The Hall–Kier alpha value is -1.52. The number of amides is 1. The molecule has 0 aromatic heterocycles. The fraction of sp³-hybridized carbons (Fsp3) is 0.667. The highest BCUT2D eigenvalue weighted by molar-refractivity contribution is 5.90. The third-order valence-electron chi connectivity index (χ3n) is 3.14. The first-order valence-corrected chi connectivity index (χ1v) is 6.15. The van der Waals surface area contributed by atoms with E-state index in [2.05, 4.69) is 10.6 Å². The van der Waals surface area contributed by atoms with Crippen molar-refractivity contribution in [2.24, 2.45) is 0 Å². The van der Waals surface area contributed by atoms with Gasteiger partial charge in [0.1, 0.15) is 6.04 Å². The number of esters is 1. The van der Waals surface area contributed by atoms with Gasteiger partial charge < -0.3 is 15.4 Å². The summed E-state index contributed by atoms with van der Waals surface area (Å²) in [5, 5.41) is 5.96. The Labute approximate surface area is 101 Å². The van der Waals surface area contributed by atoms with Gasteiger partial charge in [-0.3, -0.25) is 4.79 Å². The number of carbonyl (C=O) groups excluding carboxylic acids is 2. The van der Waals surface area contributed by atoms with Gasteiger partial charge in [-0.1, -0.05) is 0 Å². The molecule has 1 saturated heterocycles. The van der Waals surface area contributed by atoms with Crippen LogP contribution in [0, 0.1) is 0 Å². The average molecular weight is 238 g/mol. The maximum absolute atomic E-state index is 11.7. The lowest BCUT2D eigenvalue weighted by atomic mass is 10.2. The highest BCUT2D eigenvalue weighted by atomic mass is 16.5. The van der Waals surface area contributed by atoms with Crippen molar-refractivity contribution in [2.45, 2.75) is 38.6 Å². The van der Waals surface area contributed by atoms with Crippen LogP contribution < -0.4 is 10.6 Å². The van der Waals surface area contributed by atoms with Crippen LogP contribution in [0.2, 0.25) is 0 Å². The zero-order valence-corrected chi connectivity index (χ0v) is 10.0. The van der Waals surface area contributed by atoms with Gasteiger partial charge in [0.25, 0.3) is 0 Å². The second-order valence-corrected chi connectivity index (χ2v) is 4.31. The van der Waals surface area contributed by atoms with E-state index in [4.69, 9.17) is 4.74 Å². The number of rotatable bonds is 4. The fourth-order valence-electron chi connectivity index (χ4n) is 2.29. The molecule has 2 aliphatic rings. The second-order valence-electron chi connectivity index (χ2n) is 4.31. The summed E-state index contributed by atoms with van der Waals surface area (Å²) in [7, 11) is 0. The van der Waals surface area contributed by atoms with E-state index in [0.29, 0.717) is 18.7 Å². The molecule has 1 unspecified atom stereocenters. The van der Waals surface area contributed by atoms with E-state index in [-0.39, 0.29) is 17.9 Å². The second kappa shape index (κ2) is 5.21. The van der Waals surface area contributed by atoms with Crippen LogP contribution in [0.4, 0.5) is 0 Å². The first-order chi connectivity index (χ1) is 8.22. The summed E-state index contributed by atoms with van der Waals surface area (Å²) >= 11 is 0. The van der Waals surface area contributed by atoms with Gasteiger partial charge in [-0.25, -0.2) is 4.79 Å². The molecule has 1 fully saturated rings. The molecule has 17 heavy (non-hydrogen) atoms. The van der Waals surface area contributed by atoms with Crippen molar-refractivity contribution >= 4 is 11.9 Å². The molecule has 2 rings (SSSR count). The van der Waals surface area contributed by atoms with Crippen molar-refractivity contribution in [3.8, 4) is 0 Å². The third-order valence-corrected chi connectivity index (χ3v) is 3.14. The number of hydrogen-bond donors (Lipinski definition) is 2. The Morgan fingerprint density at radius 2 is 2.35 bits per heavy atom. The number of hydrogen-bond acceptors (Lipinski definition) is 4. The SMILES string of the molecule is CCOC(=O)C1=C(NC2CCNC2=O)CCC1. The highest BCUT2D eigenvalue weighted by Crippen LogP contribution is 2.26. The molecule has 0 spiro atoms. The van der Waals surface area contributed by atoms with Crippen molar-refractivity contribution < 1.29 is 14.3 Å². The van der Waals surface area contributed by atoms with E-state index in [1.807, 2.05) is 0 Å². The van der Waals surface area contributed by atoms with Gasteiger partial charge in [0, 0.05) is 12.2 Å². The van der Waals surface area contributed by atoms with E-state index >= 15 is 0 Å². The van der Waals surface area contributed by atoms with E-state index in [1.165, 1.54) is 0 Å². The number of allylic oxidation sites excluding steroid dienone is 1. The molecule has 5 heteroatoms. The molecule has 5 nitrogen and oxygen atoms in total. The Kier molecular flexibility index (Phi) is 3.66. The first-order valence-electron chi connectivity index (χ1n) is 6.15. The standard InChI is InChI=1S/C12H18N2O3/c1-2-17-12(16)8-4-3-5-9(8)14-10-6-7-13-11(10)15/h10,14H,2-7H2,1H3,(H,13,15). The van der Waals surface area contributed by atoms with Crippen LogP contribution in [-0.2, 0) is 14.3 Å². The maximum atomic E-state index is 11.7. The highest BCUT2D eigenvalue weighted by Gasteiger charge is 2.28. The molecule has 0 radical (unpaired) electrons. The molecule has 1 aliphatic carbocycles. The Bertz CT molecular complexity index is 363. The van der Waals surface area contributed by atoms with Crippen molar-refractivity contribution in [3.63, 3.8) is 0 Å². The van der Waals surface area contributed by atoms with E-state index < -0.39 is 0 Å². The van der Waals surface area contributed by atoms with Crippen molar-refractivity contribution in [1.29, 1.82) is 0 Å². The summed E-state index contributed by atoms with van der Waals surface area (Å²) in [6, 6.07) is -0.187. The van der Waals surface area contributed by atoms with Crippen molar-refractivity contribution in [2.75, 3.05) is 13.2 Å². The molecule has 1 heterocycles. The summed E-state index contributed by atoms with van der Waals surface area (Å²) in [5.74, 6) is -0.224. The molecule has 0 aromatic rings. The van der Waals surface area contributed by atoms with Crippen LogP contribution in [0.5, 0.6) is 0 Å². The zero-order valence-electron chi connectivity index (χ0n) is 10.0. The summed E-state index contributed by atoms with van der Waals surface area (Å²) in [4.78, 5) is 23.1. The largest absolute Gasteiger partial charge is 0.463 e. The zero-order chi connectivity index (χ0) is 12.3. The lowest BCUT2D eigenvalue weighted by Gasteiger charge is -2.14. The van der Waals surface area contributed by atoms with Gasteiger partial charge in [-0.05, 0) is 32.6 Å². The minimum Gasteiger partial charge on any atom is -0.463 e. The number of ether oxygens (including phenoxy) is 1. The van der Waals surface area contributed by atoms with Crippen LogP contribution in [0.25, 0.3) is 0 Å². The Morgan fingerprint density at radius 1 is 1.53 bits per heavy atom. The van der Waals surface area contributed by atoms with Gasteiger partial charge in [-0.2, -0.15) is 0 Å². The summed E-state index contributed by atoms with van der Waals surface area (Å²) < 4.78 is 5.01. The third kappa shape index (κ3) is 2.60. The number of nitrogens with one attached hydrogen (secondary N) is 2. The van der Waals surface area contributed by atoms with Gasteiger partial charge in [0.2, 0.25) is 5.91 Å².